The fraction of sp³-hybridized carbons (Fsp3) is 0.500. The second kappa shape index (κ2) is 6.02. The molecule has 0 saturated heterocycles. The zero-order valence-corrected chi connectivity index (χ0v) is 12.1. The third-order valence-electron chi connectivity index (χ3n) is 4.04. The Bertz CT molecular complexity index is 501. The summed E-state index contributed by atoms with van der Waals surface area (Å²) in [6.45, 7) is 0. The lowest BCUT2D eigenvalue weighted by molar-refractivity contribution is 0.463. The topological polar surface area (TPSA) is 41.8 Å². The molecular weight excluding hydrogens is 252 g/mol. The predicted molar refractivity (Wildman–Crippen MR) is 83.6 cm³/mol. The second-order valence-corrected chi connectivity index (χ2v) is 6.81. The van der Waals surface area contributed by atoms with Gasteiger partial charge in [-0.1, -0.05) is 43.9 Å². The van der Waals surface area contributed by atoms with E-state index in [4.69, 9.17) is 5.73 Å². The van der Waals surface area contributed by atoms with Crippen LogP contribution in [0.15, 0.2) is 35.4 Å². The number of thioether (sulfide) groups is 1. The van der Waals surface area contributed by atoms with Gasteiger partial charge in [0, 0.05) is 22.2 Å². The normalized spacial score (nSPS) is 25.1. The van der Waals surface area contributed by atoms with Gasteiger partial charge in [0.05, 0.1) is 5.03 Å². The number of fused-ring (bicyclic) bond motifs is 1. The first-order valence-electron chi connectivity index (χ1n) is 7.33. The Kier molecular flexibility index (Phi) is 4.14. The monoisotopic (exact) mass is 274 g/mol. The Balaban J connectivity index is 1.74. The fourth-order valence-electron chi connectivity index (χ4n) is 2.90. The maximum absolute atomic E-state index is 6.36. The summed E-state index contributed by atoms with van der Waals surface area (Å²) in [6, 6.07) is 11.1. The van der Waals surface area contributed by atoms with E-state index in [-0.39, 0.29) is 0 Å². The Morgan fingerprint density at radius 1 is 1.05 bits per heavy atom. The minimum absolute atomic E-state index is 0.344. The summed E-state index contributed by atoms with van der Waals surface area (Å²) in [5, 5.41) is 3.13. The van der Waals surface area contributed by atoms with E-state index in [1.807, 2.05) is 11.8 Å². The Morgan fingerprint density at radius 3 is 2.68 bits per heavy atom. The molecule has 1 fully saturated rings. The van der Waals surface area contributed by atoms with Crippen LogP contribution >= 0.6 is 11.8 Å². The van der Waals surface area contributed by atoms with Gasteiger partial charge in [0.1, 0.15) is 0 Å². The van der Waals surface area contributed by atoms with Crippen LogP contribution < -0.4 is 5.73 Å². The van der Waals surface area contributed by atoms with Crippen LogP contribution in [0.2, 0.25) is 0 Å². The molecule has 19 heavy (non-hydrogen) atoms. The number of H-pyrrole nitrogens is 1. The number of hydrogen-bond donors (Lipinski definition) is 2. The van der Waals surface area contributed by atoms with Gasteiger partial charge >= 0.3 is 0 Å². The number of aromatic nitrogens is 1. The number of hydrogen-bond acceptors (Lipinski definition) is 2. The van der Waals surface area contributed by atoms with Crippen molar-refractivity contribution in [2.45, 2.75) is 54.8 Å². The van der Waals surface area contributed by atoms with Gasteiger partial charge in [-0.25, -0.2) is 0 Å². The average Bonchev–Trinajstić information content (AvgIpc) is 2.81. The van der Waals surface area contributed by atoms with Crippen molar-refractivity contribution in [3.05, 3.63) is 30.3 Å². The van der Waals surface area contributed by atoms with Gasteiger partial charge in [0.25, 0.3) is 0 Å². The van der Waals surface area contributed by atoms with Crippen LogP contribution in [-0.4, -0.2) is 16.3 Å². The van der Waals surface area contributed by atoms with Crippen molar-refractivity contribution < 1.29 is 0 Å². The van der Waals surface area contributed by atoms with Gasteiger partial charge in [-0.05, 0) is 25.0 Å². The van der Waals surface area contributed by atoms with Crippen LogP contribution in [0.25, 0.3) is 10.9 Å². The van der Waals surface area contributed by atoms with Gasteiger partial charge < -0.3 is 10.7 Å². The molecular formula is C16H22N2S. The molecule has 0 radical (unpaired) electrons. The summed E-state index contributed by atoms with van der Waals surface area (Å²) in [5.74, 6) is 0. The first-order chi connectivity index (χ1) is 9.33. The standard InChI is InChI=1S/C16H22N2S/c17-13-8-3-1-2-4-10-15(13)19-16-11-12-7-5-6-9-14(12)18-16/h5-7,9,11,13,15,18H,1-4,8,10,17H2. The van der Waals surface area contributed by atoms with Crippen LogP contribution in [0, 0.1) is 0 Å². The zero-order valence-electron chi connectivity index (χ0n) is 11.3. The van der Waals surface area contributed by atoms with Gasteiger partial charge in [0.2, 0.25) is 0 Å². The molecule has 3 N–H and O–H groups in total. The Morgan fingerprint density at radius 2 is 1.84 bits per heavy atom. The van der Waals surface area contributed by atoms with Crippen LogP contribution in [0.3, 0.4) is 0 Å². The summed E-state index contributed by atoms with van der Waals surface area (Å²) >= 11 is 1.94. The van der Waals surface area contributed by atoms with Crippen LogP contribution in [0.5, 0.6) is 0 Å². The lowest BCUT2D eigenvalue weighted by Crippen LogP contribution is -2.33. The van der Waals surface area contributed by atoms with Crippen molar-refractivity contribution in [2.24, 2.45) is 5.73 Å². The molecule has 0 aliphatic heterocycles. The molecule has 1 saturated carbocycles. The maximum atomic E-state index is 6.36. The molecule has 2 nitrogen and oxygen atoms in total. The number of rotatable bonds is 2. The van der Waals surface area contributed by atoms with Crippen molar-refractivity contribution in [3.8, 4) is 0 Å². The van der Waals surface area contributed by atoms with E-state index in [9.17, 15) is 0 Å². The minimum Gasteiger partial charge on any atom is -0.350 e. The van der Waals surface area contributed by atoms with E-state index in [2.05, 4.69) is 35.3 Å². The van der Waals surface area contributed by atoms with Crippen molar-refractivity contribution in [3.63, 3.8) is 0 Å². The van der Waals surface area contributed by atoms with Crippen molar-refractivity contribution >= 4 is 22.7 Å². The average molecular weight is 274 g/mol. The summed E-state index contributed by atoms with van der Waals surface area (Å²) in [7, 11) is 0. The minimum atomic E-state index is 0.344. The molecule has 0 spiro atoms. The number of nitrogens with two attached hydrogens (primary N) is 1. The summed E-state index contributed by atoms with van der Waals surface area (Å²) < 4.78 is 0. The molecule has 1 aliphatic carbocycles. The third kappa shape index (κ3) is 3.15. The molecule has 1 aliphatic rings. The highest BCUT2D eigenvalue weighted by Gasteiger charge is 2.21. The molecule has 102 valence electrons. The molecule has 1 heterocycles. The number of para-hydroxylation sites is 1. The van der Waals surface area contributed by atoms with Crippen molar-refractivity contribution in [1.29, 1.82) is 0 Å². The lowest BCUT2D eigenvalue weighted by atomic mass is 9.97. The molecule has 1 aromatic carbocycles. The number of aromatic amines is 1. The first kappa shape index (κ1) is 13.1. The Hall–Kier alpha value is -0.930. The molecule has 0 bridgehead atoms. The summed E-state index contributed by atoms with van der Waals surface area (Å²) in [6.07, 6.45) is 7.78. The molecule has 3 rings (SSSR count). The molecule has 0 amide bonds. The summed E-state index contributed by atoms with van der Waals surface area (Å²) in [5.41, 5.74) is 7.58. The number of benzene rings is 1. The predicted octanol–water partition coefficient (Wildman–Crippen LogP) is 4.31. The van der Waals surface area contributed by atoms with Crippen LogP contribution in [-0.2, 0) is 0 Å². The van der Waals surface area contributed by atoms with Gasteiger partial charge in [0.15, 0.2) is 0 Å². The van der Waals surface area contributed by atoms with E-state index in [0.29, 0.717) is 11.3 Å². The smallest absolute Gasteiger partial charge is 0.0735 e. The highest BCUT2D eigenvalue weighted by Crippen LogP contribution is 2.32. The van der Waals surface area contributed by atoms with E-state index in [1.54, 1.807) is 0 Å². The van der Waals surface area contributed by atoms with E-state index >= 15 is 0 Å². The van der Waals surface area contributed by atoms with E-state index in [1.165, 1.54) is 54.5 Å². The quantitative estimate of drug-likeness (QED) is 0.857. The van der Waals surface area contributed by atoms with Gasteiger partial charge in [-0.15, -0.1) is 11.8 Å². The molecule has 1 aromatic heterocycles. The first-order valence-corrected chi connectivity index (χ1v) is 8.21. The second-order valence-electron chi connectivity index (χ2n) is 5.53. The van der Waals surface area contributed by atoms with Gasteiger partial charge in [-0.2, -0.15) is 0 Å². The van der Waals surface area contributed by atoms with Crippen molar-refractivity contribution in [1.82, 2.24) is 4.98 Å². The largest absolute Gasteiger partial charge is 0.350 e. The van der Waals surface area contributed by atoms with Gasteiger partial charge in [-0.3, -0.25) is 0 Å². The van der Waals surface area contributed by atoms with Crippen molar-refractivity contribution in [2.75, 3.05) is 0 Å². The lowest BCUT2D eigenvalue weighted by Gasteiger charge is -2.25. The van der Waals surface area contributed by atoms with Crippen LogP contribution in [0.1, 0.15) is 38.5 Å². The molecule has 2 atom stereocenters. The number of nitrogens with one attached hydrogen (secondary N) is 1. The highest BCUT2D eigenvalue weighted by atomic mass is 32.2. The molecule has 2 unspecified atom stereocenters. The third-order valence-corrected chi connectivity index (χ3v) is 5.40. The Labute approximate surface area is 119 Å². The zero-order chi connectivity index (χ0) is 13.1. The molecule has 3 heteroatoms. The SMILES string of the molecule is NC1CCCCCCC1Sc1cc2ccccc2[nH]1. The van der Waals surface area contributed by atoms with E-state index in [0.717, 1.165) is 0 Å². The molecule has 2 aromatic rings. The van der Waals surface area contributed by atoms with Crippen LogP contribution in [0.4, 0.5) is 0 Å². The summed E-state index contributed by atoms with van der Waals surface area (Å²) in [4.78, 5) is 3.51. The fourth-order valence-corrected chi connectivity index (χ4v) is 4.18. The van der Waals surface area contributed by atoms with E-state index < -0.39 is 0 Å². The maximum Gasteiger partial charge on any atom is 0.0735 e. The highest BCUT2D eigenvalue weighted by molar-refractivity contribution is 7.99.